The quantitative estimate of drug-likeness (QED) is 0.454. The molecule has 2 amide bonds. The van der Waals surface area contributed by atoms with E-state index in [1.165, 1.54) is 24.2 Å². The van der Waals surface area contributed by atoms with Gasteiger partial charge in [0.05, 0.1) is 0 Å². The molecule has 0 bridgehead atoms. The molecule has 1 aliphatic heterocycles. The van der Waals surface area contributed by atoms with Crippen LogP contribution in [0.15, 0.2) is 53.1 Å². The van der Waals surface area contributed by atoms with E-state index in [0.717, 1.165) is 26.1 Å². The molecule has 0 aliphatic carbocycles. The fourth-order valence-corrected chi connectivity index (χ4v) is 4.05. The highest BCUT2D eigenvalue weighted by atomic mass is 16.6. The van der Waals surface area contributed by atoms with Crippen molar-refractivity contribution >= 4 is 23.7 Å². The van der Waals surface area contributed by atoms with Gasteiger partial charge in [-0.15, -0.1) is 5.10 Å². The molecule has 2 aromatic heterocycles. The molecule has 1 fully saturated rings. The van der Waals surface area contributed by atoms with Gasteiger partial charge in [0.15, 0.2) is 0 Å². The van der Waals surface area contributed by atoms with Crippen LogP contribution in [0.4, 0.5) is 16.5 Å². The number of piperidine rings is 1. The number of amides is 2. The molecule has 3 heterocycles. The predicted octanol–water partition coefficient (Wildman–Crippen LogP) is 5.00. The van der Waals surface area contributed by atoms with E-state index in [1.807, 2.05) is 20.8 Å². The lowest BCUT2D eigenvalue weighted by atomic mass is 10.1. The number of likely N-dealkylation sites (tertiary alicyclic amines) is 1. The van der Waals surface area contributed by atoms with Crippen LogP contribution in [-0.4, -0.2) is 63.9 Å². The zero-order valence-corrected chi connectivity index (χ0v) is 21.6. The van der Waals surface area contributed by atoms with Gasteiger partial charge in [0.25, 0.3) is 5.91 Å². The Morgan fingerprint density at radius 1 is 1.05 bits per heavy atom. The van der Waals surface area contributed by atoms with Crippen molar-refractivity contribution in [1.29, 1.82) is 0 Å². The largest absolute Gasteiger partial charge is 0.443 e. The number of hydrogen-bond donors (Lipinski definition) is 1. The van der Waals surface area contributed by atoms with Gasteiger partial charge in [-0.2, -0.15) is 0 Å². The molecule has 196 valence electrons. The summed E-state index contributed by atoms with van der Waals surface area (Å²) in [5.74, 6) is -0.0341. The average molecular weight is 507 g/mol. The van der Waals surface area contributed by atoms with Crippen LogP contribution in [0.2, 0.25) is 0 Å². The molecule has 10 nitrogen and oxygen atoms in total. The number of rotatable bonds is 8. The number of carbonyl (C=O) groups excluding carboxylic acids is 2. The van der Waals surface area contributed by atoms with Crippen LogP contribution in [0.25, 0.3) is 11.5 Å². The van der Waals surface area contributed by atoms with Gasteiger partial charge < -0.3 is 19.4 Å². The number of anilines is 2. The van der Waals surface area contributed by atoms with Crippen molar-refractivity contribution in [1.82, 2.24) is 20.1 Å². The predicted molar refractivity (Wildman–Crippen MR) is 140 cm³/mol. The number of benzene rings is 1. The van der Waals surface area contributed by atoms with Crippen molar-refractivity contribution in [3.8, 4) is 11.5 Å². The fourth-order valence-electron chi connectivity index (χ4n) is 4.05. The Kier molecular flexibility index (Phi) is 8.50. The molecule has 10 heteroatoms. The Morgan fingerprint density at radius 2 is 1.81 bits per heavy atom. The molecule has 4 rings (SSSR count). The minimum Gasteiger partial charge on any atom is -0.443 e. The summed E-state index contributed by atoms with van der Waals surface area (Å²) in [7, 11) is 0. The van der Waals surface area contributed by atoms with Crippen molar-refractivity contribution in [3.05, 3.63) is 54.4 Å². The van der Waals surface area contributed by atoms with Crippen molar-refractivity contribution in [3.63, 3.8) is 0 Å². The van der Waals surface area contributed by atoms with E-state index in [9.17, 15) is 9.59 Å². The lowest BCUT2D eigenvalue weighted by Crippen LogP contribution is -2.39. The van der Waals surface area contributed by atoms with Gasteiger partial charge in [-0.05, 0) is 96.1 Å². The second-order valence-corrected chi connectivity index (χ2v) is 10.0. The van der Waals surface area contributed by atoms with Crippen molar-refractivity contribution in [2.75, 3.05) is 36.4 Å². The Balaban J connectivity index is 1.43. The highest BCUT2D eigenvalue weighted by molar-refractivity contribution is 6.02. The van der Waals surface area contributed by atoms with Gasteiger partial charge >= 0.3 is 12.1 Å². The van der Waals surface area contributed by atoms with E-state index in [-0.39, 0.29) is 17.8 Å². The molecule has 0 spiro atoms. The Hall–Kier alpha value is -3.79. The van der Waals surface area contributed by atoms with Gasteiger partial charge in [0.2, 0.25) is 5.89 Å². The number of pyridine rings is 1. The van der Waals surface area contributed by atoms with Gasteiger partial charge in [-0.25, -0.2) is 9.69 Å². The van der Waals surface area contributed by atoms with Crippen LogP contribution in [-0.2, 0) is 4.74 Å². The number of hydrogen-bond acceptors (Lipinski definition) is 8. The maximum atomic E-state index is 13.0. The molecule has 3 aromatic rings. The van der Waals surface area contributed by atoms with Crippen LogP contribution >= 0.6 is 0 Å². The third kappa shape index (κ3) is 7.60. The molecule has 1 N–H and O–H groups in total. The summed E-state index contributed by atoms with van der Waals surface area (Å²) in [6.07, 6.45) is 5.53. The average Bonchev–Trinajstić information content (AvgIpc) is 3.37. The zero-order chi connectivity index (χ0) is 26.3. The minimum atomic E-state index is -0.652. The van der Waals surface area contributed by atoms with Crippen molar-refractivity contribution in [2.24, 2.45) is 0 Å². The monoisotopic (exact) mass is 506 g/mol. The number of nitrogens with zero attached hydrogens (tertiary/aromatic N) is 5. The Labute approximate surface area is 217 Å². The van der Waals surface area contributed by atoms with E-state index < -0.39 is 11.7 Å². The second kappa shape index (κ2) is 12.0. The van der Waals surface area contributed by atoms with Crippen LogP contribution in [0.5, 0.6) is 0 Å². The van der Waals surface area contributed by atoms with E-state index in [1.54, 1.807) is 48.7 Å². The molecule has 37 heavy (non-hydrogen) atoms. The van der Waals surface area contributed by atoms with E-state index in [2.05, 4.69) is 25.4 Å². The van der Waals surface area contributed by atoms with Crippen LogP contribution in [0, 0.1) is 0 Å². The molecule has 0 saturated carbocycles. The van der Waals surface area contributed by atoms with Crippen molar-refractivity contribution in [2.45, 2.75) is 52.1 Å². The number of nitrogens with one attached hydrogen (secondary N) is 1. The van der Waals surface area contributed by atoms with Gasteiger partial charge in [-0.3, -0.25) is 9.78 Å². The normalized spacial score (nSPS) is 14.2. The van der Waals surface area contributed by atoms with Crippen LogP contribution < -0.4 is 10.2 Å². The highest BCUT2D eigenvalue weighted by Gasteiger charge is 2.27. The topological polar surface area (TPSA) is 114 Å². The standard InChI is InChI=1S/C27H34N6O4/c1-27(2,3)37-26(35)33(19-9-18-32-16-7-4-8-17-32)25-31-30-24(36-25)20-11-13-21(14-12-20)29-23(34)22-10-5-6-15-28-22/h5-6,10-15H,4,7-9,16-19H2,1-3H3,(H,29,34). The maximum absolute atomic E-state index is 13.0. The molecule has 0 atom stereocenters. The number of carbonyl (C=O) groups is 2. The van der Waals surface area contributed by atoms with Crippen molar-refractivity contribution < 1.29 is 18.7 Å². The third-order valence-corrected chi connectivity index (χ3v) is 5.85. The fraction of sp³-hybridized carbons (Fsp3) is 0.444. The first-order chi connectivity index (χ1) is 17.8. The molecule has 1 saturated heterocycles. The van der Waals surface area contributed by atoms with Crippen LogP contribution in [0.3, 0.4) is 0 Å². The highest BCUT2D eigenvalue weighted by Crippen LogP contribution is 2.25. The maximum Gasteiger partial charge on any atom is 0.418 e. The summed E-state index contributed by atoms with van der Waals surface area (Å²) >= 11 is 0. The Bertz CT molecular complexity index is 1170. The number of ether oxygens (including phenoxy) is 1. The first-order valence-electron chi connectivity index (χ1n) is 12.7. The number of aromatic nitrogens is 3. The van der Waals surface area contributed by atoms with Gasteiger partial charge in [0, 0.05) is 24.0 Å². The lowest BCUT2D eigenvalue weighted by molar-refractivity contribution is 0.0571. The third-order valence-electron chi connectivity index (χ3n) is 5.85. The van der Waals surface area contributed by atoms with Gasteiger partial charge in [0.1, 0.15) is 11.3 Å². The second-order valence-electron chi connectivity index (χ2n) is 10.0. The van der Waals surface area contributed by atoms with E-state index in [4.69, 9.17) is 9.15 Å². The Morgan fingerprint density at radius 3 is 2.49 bits per heavy atom. The zero-order valence-electron chi connectivity index (χ0n) is 21.6. The summed E-state index contributed by atoms with van der Waals surface area (Å²) in [6, 6.07) is 12.3. The lowest BCUT2D eigenvalue weighted by Gasteiger charge is -2.28. The molecular formula is C27H34N6O4. The minimum absolute atomic E-state index is 0.0930. The van der Waals surface area contributed by atoms with E-state index in [0.29, 0.717) is 23.5 Å². The SMILES string of the molecule is CC(C)(C)OC(=O)N(CCCN1CCCCC1)c1nnc(-c2ccc(NC(=O)c3ccccn3)cc2)o1. The summed E-state index contributed by atoms with van der Waals surface area (Å²) in [5.41, 5.74) is 0.940. The summed E-state index contributed by atoms with van der Waals surface area (Å²) in [5, 5.41) is 11.1. The summed E-state index contributed by atoms with van der Waals surface area (Å²) in [6.45, 7) is 8.96. The first kappa shape index (κ1) is 26.3. The van der Waals surface area contributed by atoms with Crippen LogP contribution in [0.1, 0.15) is 56.9 Å². The molecule has 1 aromatic carbocycles. The van der Waals surface area contributed by atoms with Gasteiger partial charge in [-0.1, -0.05) is 17.6 Å². The molecule has 0 radical (unpaired) electrons. The first-order valence-corrected chi connectivity index (χ1v) is 12.7. The van der Waals surface area contributed by atoms with E-state index >= 15 is 0 Å². The molecule has 0 unspecified atom stereocenters. The summed E-state index contributed by atoms with van der Waals surface area (Å²) < 4.78 is 11.5. The summed E-state index contributed by atoms with van der Waals surface area (Å²) in [4.78, 5) is 33.2. The molecular weight excluding hydrogens is 472 g/mol. The molecule has 1 aliphatic rings. The smallest absolute Gasteiger partial charge is 0.418 e.